The molecule has 4 unspecified atom stereocenters. The first-order valence-electron chi connectivity index (χ1n) is 19.2. The van der Waals surface area contributed by atoms with Crippen molar-refractivity contribution in [2.45, 2.75) is 186 Å². The van der Waals surface area contributed by atoms with Crippen LogP contribution in [0, 0.1) is 23.7 Å². The molecule has 0 aromatic rings. The summed E-state index contributed by atoms with van der Waals surface area (Å²) in [5.41, 5.74) is -4.99. The SMILES string of the molecule is CC[C@H]1OC(=O)[C@H](C)[C@@H](O[C@H]2C[C@](C)(OC)[C@@H](O)C(C)O2)[C@H](C)[C@@H](O[C@@H]2OC(C)C[C@@](C)(N(C)C)C2O)[C@](C)(OC)C[C@@H](C)C(=O)[C@H](C)C(O)[C@]1(C)O. The van der Waals surface area contributed by atoms with Crippen molar-refractivity contribution in [1.82, 2.24) is 4.90 Å². The predicted octanol–water partition coefficient (Wildman–Crippen LogP) is 2.83. The smallest absolute Gasteiger partial charge is 0.311 e. The molecule has 14 heteroatoms. The van der Waals surface area contributed by atoms with Crippen molar-refractivity contribution in [3.8, 4) is 0 Å². The molecule has 0 aromatic carbocycles. The van der Waals surface area contributed by atoms with Crippen LogP contribution in [0.15, 0.2) is 0 Å². The number of hydrogen-bond donors (Lipinski definition) is 4. The van der Waals surface area contributed by atoms with Crippen LogP contribution in [0.2, 0.25) is 0 Å². The van der Waals surface area contributed by atoms with E-state index < -0.39 is 107 Å². The molecule has 3 saturated heterocycles. The van der Waals surface area contributed by atoms with Crippen molar-refractivity contribution >= 4 is 11.8 Å². The zero-order chi connectivity index (χ0) is 40.6. The number of ether oxygens (including phenoxy) is 7. The third kappa shape index (κ3) is 9.30. The second kappa shape index (κ2) is 17.5. The lowest BCUT2D eigenvalue weighted by Crippen LogP contribution is -2.65. The number of rotatable bonds is 8. The maximum Gasteiger partial charge on any atom is 0.311 e. The first-order chi connectivity index (χ1) is 24.3. The summed E-state index contributed by atoms with van der Waals surface area (Å²) in [5.74, 6) is -4.50. The molecule has 0 bridgehead atoms. The third-order valence-electron chi connectivity index (χ3n) is 13.0. The molecule has 0 aromatic heterocycles. The molecule has 14 nitrogen and oxygen atoms in total. The molecule has 0 spiro atoms. The van der Waals surface area contributed by atoms with Gasteiger partial charge in [0, 0.05) is 38.4 Å². The largest absolute Gasteiger partial charge is 0.459 e. The van der Waals surface area contributed by atoms with E-state index in [-0.39, 0.29) is 31.1 Å². The van der Waals surface area contributed by atoms with Crippen LogP contribution < -0.4 is 0 Å². The van der Waals surface area contributed by atoms with Crippen molar-refractivity contribution < 1.29 is 63.2 Å². The number of aliphatic hydroxyl groups excluding tert-OH is 3. The molecule has 3 rings (SSSR count). The molecule has 53 heavy (non-hydrogen) atoms. The van der Waals surface area contributed by atoms with Gasteiger partial charge in [-0.15, -0.1) is 0 Å². The molecular weight excluding hydrogens is 690 g/mol. The second-order valence-corrected chi connectivity index (χ2v) is 17.3. The van der Waals surface area contributed by atoms with E-state index in [1.165, 1.54) is 21.1 Å². The molecular formula is C39H71NO13. The van der Waals surface area contributed by atoms with Crippen LogP contribution >= 0.6 is 0 Å². The van der Waals surface area contributed by atoms with Crippen LogP contribution in [0.25, 0.3) is 0 Å². The monoisotopic (exact) mass is 761 g/mol. The van der Waals surface area contributed by atoms with Gasteiger partial charge in [-0.05, 0) is 81.8 Å². The Labute approximate surface area is 317 Å². The normalized spacial score (nSPS) is 49.7. The summed E-state index contributed by atoms with van der Waals surface area (Å²) in [6.07, 6.45) is -8.94. The Morgan fingerprint density at radius 3 is 1.91 bits per heavy atom. The van der Waals surface area contributed by atoms with E-state index in [0.717, 1.165) is 0 Å². The Morgan fingerprint density at radius 1 is 0.792 bits per heavy atom. The van der Waals surface area contributed by atoms with E-state index in [2.05, 4.69) is 0 Å². The summed E-state index contributed by atoms with van der Waals surface area (Å²) in [6.45, 7) is 19.0. The molecule has 3 heterocycles. The number of methoxy groups -OCH3 is 2. The summed E-state index contributed by atoms with van der Waals surface area (Å²) in [4.78, 5) is 30.2. The molecule has 310 valence electrons. The average molecular weight is 762 g/mol. The molecule has 0 saturated carbocycles. The molecule has 0 radical (unpaired) electrons. The van der Waals surface area contributed by atoms with E-state index in [1.54, 1.807) is 48.5 Å². The van der Waals surface area contributed by atoms with E-state index in [0.29, 0.717) is 6.42 Å². The van der Waals surface area contributed by atoms with Gasteiger partial charge in [0.2, 0.25) is 0 Å². The number of nitrogens with zero attached hydrogens (tertiary/aromatic N) is 1. The highest BCUT2D eigenvalue weighted by molar-refractivity contribution is 5.83. The van der Waals surface area contributed by atoms with Gasteiger partial charge in [-0.3, -0.25) is 9.59 Å². The number of carbonyl (C=O) groups excluding carboxylic acids is 2. The minimum absolute atomic E-state index is 0.105. The van der Waals surface area contributed by atoms with Gasteiger partial charge in [0.25, 0.3) is 0 Å². The number of esters is 1. The van der Waals surface area contributed by atoms with Gasteiger partial charge in [-0.1, -0.05) is 27.7 Å². The molecule has 3 fully saturated rings. The first kappa shape index (κ1) is 46.1. The molecule has 3 aliphatic heterocycles. The highest BCUT2D eigenvalue weighted by atomic mass is 16.7. The van der Waals surface area contributed by atoms with E-state index in [4.69, 9.17) is 33.2 Å². The van der Waals surface area contributed by atoms with Crippen LogP contribution in [-0.2, 0) is 42.7 Å². The fourth-order valence-corrected chi connectivity index (χ4v) is 8.83. The summed E-state index contributed by atoms with van der Waals surface area (Å²) in [6, 6.07) is 0. The Morgan fingerprint density at radius 2 is 1.38 bits per heavy atom. The van der Waals surface area contributed by atoms with Crippen molar-refractivity contribution in [3.05, 3.63) is 0 Å². The highest BCUT2D eigenvalue weighted by Gasteiger charge is 2.55. The Balaban J connectivity index is 2.24. The molecule has 4 N–H and O–H groups in total. The Bertz CT molecular complexity index is 1240. The maximum absolute atomic E-state index is 14.2. The third-order valence-corrected chi connectivity index (χ3v) is 13.0. The lowest BCUT2D eigenvalue weighted by atomic mass is 9.73. The van der Waals surface area contributed by atoms with Gasteiger partial charge in [-0.2, -0.15) is 0 Å². The summed E-state index contributed by atoms with van der Waals surface area (Å²) in [5, 5.41) is 45.9. The number of aliphatic hydroxyl groups is 4. The second-order valence-electron chi connectivity index (χ2n) is 17.3. The standard InChI is InChI=1S/C39H71NO13/c1-16-26-39(11,46)30(42)22(4)28(41)20(2)17-38(10,48-15)33(53-35-32(44)36(8,40(12)13)18-21(3)49-35)23(5)29(24(6)34(45)51-26)52-27-19-37(9,47-14)31(43)25(7)50-27/h20-27,29-33,35,42-44,46H,16-19H2,1-15H3/t20-,21?,22+,23+,24-,25?,26-,27+,29+,30?,31+,32?,33-,35+,36-,37+,38-,39-/m1/s1. The summed E-state index contributed by atoms with van der Waals surface area (Å²) in [7, 11) is 6.79. The van der Waals surface area contributed by atoms with Crippen LogP contribution in [0.4, 0.5) is 0 Å². The van der Waals surface area contributed by atoms with E-state index >= 15 is 0 Å². The average Bonchev–Trinajstić information content (AvgIpc) is 3.10. The number of carbonyl (C=O) groups is 2. The van der Waals surface area contributed by atoms with Gasteiger partial charge >= 0.3 is 5.97 Å². The number of ketones is 1. The molecule has 0 amide bonds. The van der Waals surface area contributed by atoms with Crippen LogP contribution in [-0.4, -0.2) is 149 Å². The predicted molar refractivity (Wildman–Crippen MR) is 196 cm³/mol. The lowest BCUT2D eigenvalue weighted by molar-refractivity contribution is -0.325. The van der Waals surface area contributed by atoms with Gasteiger partial charge in [0.15, 0.2) is 12.6 Å². The molecule has 0 aliphatic carbocycles. The van der Waals surface area contributed by atoms with Crippen LogP contribution in [0.5, 0.6) is 0 Å². The quantitative estimate of drug-likeness (QED) is 0.265. The number of hydrogen-bond acceptors (Lipinski definition) is 14. The van der Waals surface area contributed by atoms with Crippen molar-refractivity contribution in [2.24, 2.45) is 23.7 Å². The van der Waals surface area contributed by atoms with E-state index in [1.807, 2.05) is 39.8 Å². The van der Waals surface area contributed by atoms with Crippen LogP contribution in [0.1, 0.15) is 102 Å². The first-order valence-corrected chi connectivity index (χ1v) is 19.2. The fraction of sp³-hybridized carbons (Fsp3) is 0.949. The molecule has 3 aliphatic rings. The Kier molecular flexibility index (Phi) is 15.2. The highest BCUT2D eigenvalue weighted by Crippen LogP contribution is 2.43. The Hall–Kier alpha value is -1.30. The van der Waals surface area contributed by atoms with E-state index in [9.17, 15) is 30.0 Å². The zero-order valence-electron chi connectivity index (χ0n) is 34.8. The van der Waals surface area contributed by atoms with Crippen molar-refractivity contribution in [3.63, 3.8) is 0 Å². The minimum atomic E-state index is -1.97. The van der Waals surface area contributed by atoms with Gasteiger partial charge in [0.1, 0.15) is 29.7 Å². The number of cyclic esters (lactones) is 1. The minimum Gasteiger partial charge on any atom is -0.459 e. The van der Waals surface area contributed by atoms with Crippen molar-refractivity contribution in [1.29, 1.82) is 0 Å². The van der Waals surface area contributed by atoms with Crippen molar-refractivity contribution in [2.75, 3.05) is 28.3 Å². The summed E-state index contributed by atoms with van der Waals surface area (Å²) < 4.78 is 44.1. The van der Waals surface area contributed by atoms with Gasteiger partial charge in [0.05, 0.1) is 53.2 Å². The van der Waals surface area contributed by atoms with Gasteiger partial charge < -0.3 is 58.5 Å². The van der Waals surface area contributed by atoms with Gasteiger partial charge in [-0.25, -0.2) is 0 Å². The topological polar surface area (TPSA) is 183 Å². The maximum atomic E-state index is 14.2. The lowest BCUT2D eigenvalue weighted by Gasteiger charge is -2.52. The zero-order valence-corrected chi connectivity index (χ0v) is 34.8. The number of likely N-dealkylation sites (N-methyl/N-ethyl adjacent to an activating group) is 1. The fourth-order valence-electron chi connectivity index (χ4n) is 8.83. The summed E-state index contributed by atoms with van der Waals surface area (Å²) >= 11 is 0. The molecule has 18 atom stereocenters. The number of Topliss-reactive ketones (excluding diaryl/α,β-unsaturated/α-hetero) is 1. The van der Waals surface area contributed by atoms with Crippen LogP contribution in [0.3, 0.4) is 0 Å².